The Balaban J connectivity index is 2.24. The standard InChI is InChI=1S/C16H13ClN2O2/c1-18-13-8-7-11(17)9-14(13)19(16(21)10-15(18)20)12-5-3-2-4-6-12/h2-9H,10H2,1H3/i2+1,3+1,4+1,5+1,6+1,12+1. The molecule has 5 heteroatoms. The molecule has 0 saturated heterocycles. The topological polar surface area (TPSA) is 40.6 Å². The molecule has 0 N–H and O–H groups in total. The normalized spacial score (nSPS) is 15.0. The number of para-hydroxylation sites is 1. The maximum atomic E-state index is 12.5. The molecule has 0 aliphatic carbocycles. The van der Waals surface area contributed by atoms with Gasteiger partial charge < -0.3 is 4.90 Å². The van der Waals surface area contributed by atoms with Gasteiger partial charge in [-0.05, 0) is 30.3 Å². The number of amides is 2. The number of carbonyl (C=O) groups is 2. The molecule has 1 aliphatic rings. The van der Waals surface area contributed by atoms with Gasteiger partial charge in [-0.1, -0.05) is 29.8 Å². The fourth-order valence-electron chi connectivity index (χ4n) is 2.42. The van der Waals surface area contributed by atoms with E-state index in [0.29, 0.717) is 22.1 Å². The second-order valence-electron chi connectivity index (χ2n) is 4.83. The van der Waals surface area contributed by atoms with Crippen LogP contribution in [-0.4, -0.2) is 18.9 Å². The Hall–Kier alpha value is -2.33. The Bertz CT molecular complexity index is 715. The fourth-order valence-corrected chi connectivity index (χ4v) is 2.58. The highest BCUT2D eigenvalue weighted by Gasteiger charge is 2.30. The molecular weight excluding hydrogens is 294 g/mol. The molecule has 1 heterocycles. The van der Waals surface area contributed by atoms with E-state index in [1.807, 2.05) is 30.3 Å². The van der Waals surface area contributed by atoms with Crippen LogP contribution in [-0.2, 0) is 9.59 Å². The summed E-state index contributed by atoms with van der Waals surface area (Å²) in [6.07, 6.45) is -0.169. The Kier molecular flexibility index (Phi) is 3.39. The van der Waals surface area contributed by atoms with Gasteiger partial charge in [-0.2, -0.15) is 0 Å². The van der Waals surface area contributed by atoms with Crippen molar-refractivity contribution in [2.75, 3.05) is 16.8 Å². The molecule has 0 radical (unpaired) electrons. The molecule has 0 saturated carbocycles. The second-order valence-corrected chi connectivity index (χ2v) is 5.26. The van der Waals surface area contributed by atoms with Gasteiger partial charge in [0.1, 0.15) is 6.42 Å². The van der Waals surface area contributed by atoms with Crippen molar-refractivity contribution in [1.29, 1.82) is 0 Å². The number of rotatable bonds is 1. The van der Waals surface area contributed by atoms with E-state index in [0.717, 1.165) is 0 Å². The SMILES string of the molecule is CN1C(=O)CC(=O)N([13c]2[13cH][13cH][13cH][13cH][13cH]2)c2cc(Cl)ccc21. The molecule has 0 aromatic heterocycles. The first-order valence-electron chi connectivity index (χ1n) is 6.52. The Morgan fingerprint density at radius 1 is 0.952 bits per heavy atom. The lowest BCUT2D eigenvalue weighted by atomic mass is 10.2. The number of carbonyl (C=O) groups excluding carboxylic acids is 2. The third-order valence-corrected chi connectivity index (χ3v) is 3.72. The van der Waals surface area contributed by atoms with Gasteiger partial charge in [0.25, 0.3) is 0 Å². The Morgan fingerprint density at radius 3 is 2.38 bits per heavy atom. The van der Waals surface area contributed by atoms with Gasteiger partial charge in [-0.25, -0.2) is 0 Å². The number of anilines is 3. The minimum Gasteiger partial charge on any atom is -0.313 e. The first-order chi connectivity index (χ1) is 10.1. The number of benzene rings is 2. The molecule has 4 nitrogen and oxygen atoms in total. The first-order valence-corrected chi connectivity index (χ1v) is 6.90. The minimum atomic E-state index is -0.265. The maximum Gasteiger partial charge on any atom is 0.241 e. The molecule has 1 aliphatic heterocycles. The highest BCUT2D eigenvalue weighted by Crippen LogP contribution is 2.38. The molecule has 2 amide bonds. The van der Waals surface area contributed by atoms with Crippen molar-refractivity contribution in [3.8, 4) is 0 Å². The highest BCUT2D eigenvalue weighted by atomic mass is 35.5. The number of halogens is 1. The smallest absolute Gasteiger partial charge is 0.241 e. The quantitative estimate of drug-likeness (QED) is 0.758. The molecule has 2 aromatic rings. The number of nitrogens with zero attached hydrogens (tertiary/aromatic N) is 2. The van der Waals surface area contributed by atoms with Crippen LogP contribution >= 0.6 is 11.6 Å². The van der Waals surface area contributed by atoms with Gasteiger partial charge in [-0.15, -0.1) is 0 Å². The van der Waals surface area contributed by atoms with Crippen molar-refractivity contribution >= 4 is 40.5 Å². The van der Waals surface area contributed by atoms with Gasteiger partial charge in [-0.3, -0.25) is 14.5 Å². The van der Waals surface area contributed by atoms with Crippen LogP contribution in [0, 0.1) is 0 Å². The van der Waals surface area contributed by atoms with Crippen LogP contribution in [0.2, 0.25) is 5.02 Å². The average Bonchev–Trinajstić information content (AvgIpc) is 2.56. The summed E-state index contributed by atoms with van der Waals surface area (Å²) in [5.41, 5.74) is 2.00. The third-order valence-electron chi connectivity index (χ3n) is 3.48. The van der Waals surface area contributed by atoms with E-state index in [-0.39, 0.29) is 18.2 Å². The molecule has 3 rings (SSSR count). The van der Waals surface area contributed by atoms with Crippen LogP contribution < -0.4 is 9.80 Å². The fraction of sp³-hybridized carbons (Fsp3) is 0.125. The van der Waals surface area contributed by atoms with Crippen molar-refractivity contribution in [2.45, 2.75) is 6.42 Å². The van der Waals surface area contributed by atoms with Crippen molar-refractivity contribution in [1.82, 2.24) is 0 Å². The van der Waals surface area contributed by atoms with Crippen LogP contribution in [0.15, 0.2) is 48.5 Å². The molecule has 0 fully saturated rings. The van der Waals surface area contributed by atoms with E-state index >= 15 is 0 Å². The molecule has 21 heavy (non-hydrogen) atoms. The summed E-state index contributed by atoms with van der Waals surface area (Å²) in [5.74, 6) is -0.499. The number of hydrogen-bond donors (Lipinski definition) is 0. The zero-order chi connectivity index (χ0) is 15.0. The second kappa shape index (κ2) is 5.22. The number of fused-ring (bicyclic) bond motifs is 1. The van der Waals surface area contributed by atoms with E-state index < -0.39 is 0 Å². The Labute approximate surface area is 127 Å². The van der Waals surface area contributed by atoms with Crippen LogP contribution in [0.25, 0.3) is 0 Å². The molecular formula is C16H13ClN2O2. The van der Waals surface area contributed by atoms with Gasteiger partial charge >= 0.3 is 0 Å². The molecule has 0 bridgehead atoms. The lowest BCUT2D eigenvalue weighted by Crippen LogP contribution is -2.28. The zero-order valence-corrected chi connectivity index (χ0v) is 12.2. The van der Waals surface area contributed by atoms with Crippen LogP contribution in [0.1, 0.15) is 6.42 Å². The minimum absolute atomic E-state index is 0.169. The summed E-state index contributed by atoms with van der Waals surface area (Å²) in [5, 5.41) is 0.519. The summed E-state index contributed by atoms with van der Waals surface area (Å²) in [4.78, 5) is 27.6. The molecule has 0 unspecified atom stereocenters. The summed E-state index contributed by atoms with van der Waals surface area (Å²) in [6.45, 7) is 0. The summed E-state index contributed by atoms with van der Waals surface area (Å²) in [6, 6.07) is 14.4. The summed E-state index contributed by atoms with van der Waals surface area (Å²) < 4.78 is 0. The van der Waals surface area contributed by atoms with Crippen LogP contribution in [0.3, 0.4) is 0 Å². The maximum absolute atomic E-state index is 12.5. The molecule has 0 spiro atoms. The van der Waals surface area contributed by atoms with Crippen LogP contribution in [0.5, 0.6) is 0 Å². The van der Waals surface area contributed by atoms with Gasteiger partial charge in [0.2, 0.25) is 11.8 Å². The lowest BCUT2D eigenvalue weighted by molar-refractivity contribution is -0.125. The average molecular weight is 307 g/mol. The van der Waals surface area contributed by atoms with E-state index in [4.69, 9.17) is 11.6 Å². The van der Waals surface area contributed by atoms with Gasteiger partial charge in [0, 0.05) is 17.8 Å². The highest BCUT2D eigenvalue weighted by molar-refractivity contribution is 6.31. The van der Waals surface area contributed by atoms with E-state index in [9.17, 15) is 9.59 Å². The van der Waals surface area contributed by atoms with E-state index in [2.05, 4.69) is 0 Å². The predicted octanol–water partition coefficient (Wildman–Crippen LogP) is 3.37. The lowest BCUT2D eigenvalue weighted by Gasteiger charge is -2.24. The summed E-state index contributed by atoms with van der Waals surface area (Å²) >= 11 is 6.07. The van der Waals surface area contributed by atoms with Crippen molar-refractivity contribution in [3.05, 3.63) is 53.6 Å². The first kappa shape index (κ1) is 13.6. The number of hydrogen-bond acceptors (Lipinski definition) is 2. The largest absolute Gasteiger partial charge is 0.313 e. The van der Waals surface area contributed by atoms with Gasteiger partial charge in [0.15, 0.2) is 0 Å². The summed E-state index contributed by atoms with van der Waals surface area (Å²) in [7, 11) is 1.66. The monoisotopic (exact) mass is 306 g/mol. The van der Waals surface area contributed by atoms with Crippen molar-refractivity contribution in [2.24, 2.45) is 0 Å². The predicted molar refractivity (Wildman–Crippen MR) is 83.1 cm³/mol. The van der Waals surface area contributed by atoms with Crippen molar-refractivity contribution < 1.29 is 9.59 Å². The molecule has 0 atom stereocenters. The van der Waals surface area contributed by atoms with Gasteiger partial charge in [0.05, 0.1) is 11.4 Å². The van der Waals surface area contributed by atoms with Crippen molar-refractivity contribution in [3.63, 3.8) is 0 Å². The molecule has 106 valence electrons. The van der Waals surface area contributed by atoms with E-state index in [1.54, 1.807) is 30.1 Å². The van der Waals surface area contributed by atoms with E-state index in [1.165, 1.54) is 4.90 Å². The Morgan fingerprint density at radius 2 is 1.67 bits per heavy atom. The molecule has 2 aromatic carbocycles. The third kappa shape index (κ3) is 2.38. The zero-order valence-electron chi connectivity index (χ0n) is 11.4. The van der Waals surface area contributed by atoms with Crippen LogP contribution in [0.4, 0.5) is 17.1 Å².